The molecule has 6 heteroatoms. The molecule has 0 aromatic carbocycles. The SMILES string of the molecule is CCCC(CCC)(OO[Si](CC)(CC)CC)OO[Si](CC)(CC)CC. The molecule has 0 atom stereocenters. The molecule has 0 aromatic rings. The molecular formula is C19H44O4Si2. The van der Waals surface area contributed by atoms with Gasteiger partial charge in [0.25, 0.3) is 0 Å². The van der Waals surface area contributed by atoms with Crippen LogP contribution in [0.5, 0.6) is 0 Å². The molecule has 0 amide bonds. The van der Waals surface area contributed by atoms with E-state index in [1.165, 1.54) is 0 Å². The van der Waals surface area contributed by atoms with Crippen LogP contribution in [0, 0.1) is 0 Å². The second-order valence-electron chi connectivity index (χ2n) is 7.23. The van der Waals surface area contributed by atoms with Crippen LogP contribution < -0.4 is 0 Å². The predicted molar refractivity (Wildman–Crippen MR) is 111 cm³/mol. The van der Waals surface area contributed by atoms with Gasteiger partial charge < -0.3 is 0 Å². The number of hydrogen-bond acceptors (Lipinski definition) is 4. The highest BCUT2D eigenvalue weighted by Gasteiger charge is 2.41. The number of rotatable bonds is 16. The summed E-state index contributed by atoms with van der Waals surface area (Å²) in [6.45, 7) is 17.6. The molecule has 0 spiro atoms. The highest BCUT2D eigenvalue weighted by atomic mass is 28.4. The predicted octanol–water partition coefficient (Wildman–Crippen LogP) is 7.19. The van der Waals surface area contributed by atoms with Crippen LogP contribution in [0.3, 0.4) is 0 Å². The van der Waals surface area contributed by atoms with Gasteiger partial charge in [0.15, 0.2) is 0 Å². The molecule has 0 saturated heterocycles. The molecule has 0 unspecified atom stereocenters. The van der Waals surface area contributed by atoms with Crippen LogP contribution in [0.4, 0.5) is 0 Å². The first kappa shape index (κ1) is 25.3. The average Bonchev–Trinajstić information content (AvgIpc) is 2.65. The molecule has 0 fully saturated rings. The fourth-order valence-corrected chi connectivity index (χ4v) is 7.61. The van der Waals surface area contributed by atoms with Crippen molar-refractivity contribution < 1.29 is 18.9 Å². The molecule has 0 heterocycles. The molecule has 0 aliphatic heterocycles. The van der Waals surface area contributed by atoms with Crippen molar-refractivity contribution in [3.63, 3.8) is 0 Å². The molecule has 0 aliphatic rings. The van der Waals surface area contributed by atoms with Gasteiger partial charge in [-0.05, 0) is 36.3 Å². The summed E-state index contributed by atoms with van der Waals surface area (Å²) in [5.41, 5.74) is 0. The Hall–Kier alpha value is 0.274. The third kappa shape index (κ3) is 7.42. The van der Waals surface area contributed by atoms with Gasteiger partial charge >= 0.3 is 0 Å². The summed E-state index contributed by atoms with van der Waals surface area (Å²) in [6, 6.07) is 6.37. The third-order valence-corrected chi connectivity index (χ3v) is 14.5. The third-order valence-electron chi connectivity index (χ3n) is 5.87. The van der Waals surface area contributed by atoms with Crippen LogP contribution in [0.2, 0.25) is 36.3 Å². The zero-order chi connectivity index (χ0) is 19.4. The lowest BCUT2D eigenvalue weighted by Crippen LogP contribution is -2.46. The summed E-state index contributed by atoms with van der Waals surface area (Å²) in [5, 5.41) is 0. The second kappa shape index (κ2) is 12.6. The molecule has 0 N–H and O–H groups in total. The summed E-state index contributed by atoms with van der Waals surface area (Å²) in [6.07, 6.45) is 3.54. The van der Waals surface area contributed by atoms with Crippen LogP contribution in [0.25, 0.3) is 0 Å². The summed E-state index contributed by atoms with van der Waals surface area (Å²) < 4.78 is 12.3. The minimum Gasteiger partial charge on any atom is -0.283 e. The Bertz CT molecular complexity index is 283. The van der Waals surface area contributed by atoms with Crippen molar-refractivity contribution in [2.24, 2.45) is 0 Å². The Morgan fingerprint density at radius 2 is 0.800 bits per heavy atom. The molecule has 0 aromatic heterocycles. The summed E-state index contributed by atoms with van der Waals surface area (Å²) in [7, 11) is -3.66. The first-order valence-electron chi connectivity index (χ1n) is 10.6. The van der Waals surface area contributed by atoms with Crippen LogP contribution in [0.1, 0.15) is 81.1 Å². The standard InChI is InChI=1S/C19H44O4Si2/c1-9-17-19(18-10-2,20-22-24(11-3,12-4)13-5)21-23-25(14-6,15-7)16-8/h9-18H2,1-8H3. The molecule has 25 heavy (non-hydrogen) atoms. The van der Waals surface area contributed by atoms with Gasteiger partial charge in [-0.2, -0.15) is 0 Å². The van der Waals surface area contributed by atoms with Gasteiger partial charge in [0.05, 0.1) is 0 Å². The van der Waals surface area contributed by atoms with Crippen molar-refractivity contribution >= 4 is 16.6 Å². The van der Waals surface area contributed by atoms with Crippen LogP contribution in [-0.4, -0.2) is 22.4 Å². The Morgan fingerprint density at radius 1 is 0.520 bits per heavy atom. The maximum absolute atomic E-state index is 6.16. The van der Waals surface area contributed by atoms with Crippen molar-refractivity contribution in [3.05, 3.63) is 0 Å². The zero-order valence-corrected chi connectivity index (χ0v) is 20.2. The molecular weight excluding hydrogens is 348 g/mol. The minimum absolute atomic E-state index is 0.765. The van der Waals surface area contributed by atoms with E-state index in [0.717, 1.165) is 61.9 Å². The lowest BCUT2D eigenvalue weighted by Gasteiger charge is -2.38. The lowest BCUT2D eigenvalue weighted by molar-refractivity contribution is -0.470. The van der Waals surface area contributed by atoms with Crippen molar-refractivity contribution in [3.8, 4) is 0 Å². The Morgan fingerprint density at radius 3 is 1.00 bits per heavy atom. The molecule has 0 aliphatic carbocycles. The Balaban J connectivity index is 5.29. The van der Waals surface area contributed by atoms with E-state index in [9.17, 15) is 0 Å². The van der Waals surface area contributed by atoms with E-state index in [4.69, 9.17) is 18.9 Å². The Kier molecular flexibility index (Phi) is 12.8. The fourth-order valence-electron chi connectivity index (χ4n) is 3.25. The van der Waals surface area contributed by atoms with E-state index in [2.05, 4.69) is 55.4 Å². The van der Waals surface area contributed by atoms with E-state index < -0.39 is 22.4 Å². The zero-order valence-electron chi connectivity index (χ0n) is 18.2. The summed E-state index contributed by atoms with van der Waals surface area (Å²) in [4.78, 5) is 12.2. The van der Waals surface area contributed by atoms with Crippen LogP contribution in [0.15, 0.2) is 0 Å². The fraction of sp³-hybridized carbons (Fsp3) is 1.00. The normalized spacial score (nSPS) is 13.4. The van der Waals surface area contributed by atoms with Gasteiger partial charge in [0.1, 0.15) is 0 Å². The molecule has 4 nitrogen and oxygen atoms in total. The van der Waals surface area contributed by atoms with Gasteiger partial charge in [-0.1, -0.05) is 68.2 Å². The monoisotopic (exact) mass is 392 g/mol. The van der Waals surface area contributed by atoms with Gasteiger partial charge in [0.2, 0.25) is 22.4 Å². The van der Waals surface area contributed by atoms with Crippen molar-refractivity contribution in [2.45, 2.75) is 123 Å². The van der Waals surface area contributed by atoms with E-state index in [1.807, 2.05) is 0 Å². The molecule has 0 rings (SSSR count). The maximum Gasteiger partial charge on any atom is 0.238 e. The lowest BCUT2D eigenvalue weighted by atomic mass is 10.1. The highest BCUT2D eigenvalue weighted by Crippen LogP contribution is 2.33. The molecule has 152 valence electrons. The quantitative estimate of drug-likeness (QED) is 0.120. The highest BCUT2D eigenvalue weighted by molar-refractivity contribution is 6.73. The smallest absolute Gasteiger partial charge is 0.238 e. The first-order valence-corrected chi connectivity index (χ1v) is 15.7. The molecule has 0 saturated carbocycles. The van der Waals surface area contributed by atoms with Crippen LogP contribution >= 0.6 is 0 Å². The largest absolute Gasteiger partial charge is 0.283 e. The minimum atomic E-state index is -1.83. The number of hydrogen-bond donors (Lipinski definition) is 0. The van der Waals surface area contributed by atoms with E-state index in [0.29, 0.717) is 0 Å². The topological polar surface area (TPSA) is 36.9 Å². The summed E-state index contributed by atoms with van der Waals surface area (Å²) in [5.74, 6) is -0.765. The van der Waals surface area contributed by atoms with Crippen molar-refractivity contribution in [1.82, 2.24) is 0 Å². The van der Waals surface area contributed by atoms with Gasteiger partial charge in [-0.25, -0.2) is 9.78 Å². The molecule has 0 bridgehead atoms. The van der Waals surface area contributed by atoms with Gasteiger partial charge in [0, 0.05) is 12.8 Å². The van der Waals surface area contributed by atoms with E-state index in [-0.39, 0.29) is 0 Å². The van der Waals surface area contributed by atoms with Crippen LogP contribution in [-0.2, 0) is 18.9 Å². The Labute approximate surface area is 159 Å². The average molecular weight is 393 g/mol. The first-order chi connectivity index (χ1) is 11.9. The second-order valence-corrected chi connectivity index (χ2v) is 16.5. The van der Waals surface area contributed by atoms with E-state index in [1.54, 1.807) is 0 Å². The van der Waals surface area contributed by atoms with Crippen molar-refractivity contribution in [2.75, 3.05) is 0 Å². The van der Waals surface area contributed by atoms with E-state index >= 15 is 0 Å². The van der Waals surface area contributed by atoms with Gasteiger partial charge in [-0.3, -0.25) is 9.15 Å². The van der Waals surface area contributed by atoms with Gasteiger partial charge in [-0.15, -0.1) is 0 Å². The molecule has 0 radical (unpaired) electrons. The summed E-state index contributed by atoms with van der Waals surface area (Å²) >= 11 is 0. The van der Waals surface area contributed by atoms with Crippen molar-refractivity contribution in [1.29, 1.82) is 0 Å². The maximum atomic E-state index is 6.16.